The highest BCUT2D eigenvalue weighted by Gasteiger charge is 2.36. The smallest absolute Gasteiger partial charge is 0.319 e. The molecule has 0 aromatic heterocycles. The molecule has 2 amide bonds. The molecule has 8 heteroatoms. The fraction of sp³-hybridized carbons (Fsp3) is 0.457. The van der Waals surface area contributed by atoms with E-state index in [0.29, 0.717) is 18.3 Å². The highest BCUT2D eigenvalue weighted by Crippen LogP contribution is 2.39. The number of carbonyl (C=O) groups excluding carboxylic acids is 1. The van der Waals surface area contributed by atoms with Gasteiger partial charge < -0.3 is 30.1 Å². The minimum atomic E-state index is -0.560. The van der Waals surface area contributed by atoms with Gasteiger partial charge in [-0.05, 0) is 74.1 Å². The molecule has 3 saturated heterocycles. The molecule has 3 aliphatic rings. The second-order valence-electron chi connectivity index (χ2n) is 12.1. The SMILES string of the molecule is O=C(NCc1ccccc1)Nc1cccc([C@H]2O[C@@H](CN3CCC[C@H]3CN3CCCC3)C[C@@H](c3ccc(CO)cc3)O2)c1. The summed E-state index contributed by atoms with van der Waals surface area (Å²) in [6.45, 7) is 6.06. The van der Waals surface area contributed by atoms with E-state index < -0.39 is 6.29 Å². The van der Waals surface area contributed by atoms with Crippen molar-refractivity contribution in [2.75, 3.05) is 38.0 Å². The Balaban J connectivity index is 1.15. The van der Waals surface area contributed by atoms with E-state index in [0.717, 1.165) is 48.3 Å². The summed E-state index contributed by atoms with van der Waals surface area (Å²) in [5.41, 5.74) is 4.57. The molecule has 3 fully saturated rings. The Kier molecular flexibility index (Phi) is 10.0. The lowest BCUT2D eigenvalue weighted by Gasteiger charge is -2.39. The van der Waals surface area contributed by atoms with Crippen molar-refractivity contribution in [1.82, 2.24) is 15.1 Å². The Labute approximate surface area is 255 Å². The molecule has 0 radical (unpaired) electrons. The number of aliphatic hydroxyl groups is 1. The molecule has 3 aromatic rings. The van der Waals surface area contributed by atoms with E-state index in [-0.39, 0.29) is 24.8 Å². The topological polar surface area (TPSA) is 86.3 Å². The van der Waals surface area contributed by atoms with Gasteiger partial charge in [0.15, 0.2) is 6.29 Å². The summed E-state index contributed by atoms with van der Waals surface area (Å²) in [5, 5.41) is 15.4. The van der Waals surface area contributed by atoms with Gasteiger partial charge in [-0.25, -0.2) is 4.79 Å². The van der Waals surface area contributed by atoms with Crippen LogP contribution in [-0.4, -0.2) is 65.8 Å². The molecule has 0 saturated carbocycles. The van der Waals surface area contributed by atoms with Gasteiger partial charge in [0.1, 0.15) is 0 Å². The number of nitrogens with one attached hydrogen (secondary N) is 2. The van der Waals surface area contributed by atoms with Gasteiger partial charge in [-0.2, -0.15) is 0 Å². The lowest BCUT2D eigenvalue weighted by atomic mass is 9.99. The average molecular weight is 585 g/mol. The number of anilines is 1. The van der Waals surface area contributed by atoms with Gasteiger partial charge in [-0.1, -0.05) is 66.7 Å². The molecule has 0 bridgehead atoms. The quantitative estimate of drug-likeness (QED) is 0.287. The van der Waals surface area contributed by atoms with Gasteiger partial charge >= 0.3 is 6.03 Å². The van der Waals surface area contributed by atoms with E-state index in [4.69, 9.17) is 9.47 Å². The Hall–Kier alpha value is -3.27. The molecule has 0 spiro atoms. The number of amides is 2. The van der Waals surface area contributed by atoms with Crippen molar-refractivity contribution in [3.63, 3.8) is 0 Å². The molecule has 0 unspecified atom stereocenters. The maximum atomic E-state index is 12.7. The van der Waals surface area contributed by atoms with Crippen LogP contribution in [0, 0.1) is 0 Å². The second kappa shape index (κ2) is 14.5. The normalized spacial score (nSPS) is 24.7. The second-order valence-corrected chi connectivity index (χ2v) is 12.1. The molecule has 0 aliphatic carbocycles. The van der Waals surface area contributed by atoms with Crippen LogP contribution < -0.4 is 10.6 Å². The lowest BCUT2D eigenvalue weighted by Crippen LogP contribution is -2.45. The molecule has 3 aromatic carbocycles. The van der Waals surface area contributed by atoms with Gasteiger partial charge in [0, 0.05) is 43.3 Å². The number of benzene rings is 3. The Morgan fingerprint density at radius 1 is 0.837 bits per heavy atom. The van der Waals surface area contributed by atoms with Gasteiger partial charge in [0.2, 0.25) is 0 Å². The standard InChI is InChI=1S/C35H44N4O4/c40-25-27-13-15-28(16-14-27)33-21-32(24-39-19-7-12-31(39)23-38-17-4-5-18-38)42-34(43-33)29-10-6-11-30(20-29)37-35(41)36-22-26-8-2-1-3-9-26/h1-3,6,8-11,13-16,20,31-34,40H,4-5,7,12,17-19,21-25H2,(H2,36,37,41)/t31-,32+,33-,34-/m0/s1. The highest BCUT2D eigenvalue weighted by atomic mass is 16.7. The lowest BCUT2D eigenvalue weighted by molar-refractivity contribution is -0.253. The molecule has 3 N–H and O–H groups in total. The number of hydrogen-bond acceptors (Lipinski definition) is 6. The van der Waals surface area contributed by atoms with Gasteiger partial charge in [-0.15, -0.1) is 0 Å². The Morgan fingerprint density at radius 3 is 2.44 bits per heavy atom. The van der Waals surface area contributed by atoms with Crippen molar-refractivity contribution in [2.24, 2.45) is 0 Å². The van der Waals surface area contributed by atoms with E-state index in [1.807, 2.05) is 66.7 Å². The van der Waals surface area contributed by atoms with Crippen LogP contribution in [0.2, 0.25) is 0 Å². The van der Waals surface area contributed by atoms with E-state index in [1.54, 1.807) is 0 Å². The Bertz CT molecular complexity index is 1310. The fourth-order valence-electron chi connectivity index (χ4n) is 6.62. The van der Waals surface area contributed by atoms with Crippen molar-refractivity contribution in [3.05, 3.63) is 101 Å². The number of urea groups is 1. The van der Waals surface area contributed by atoms with E-state index in [2.05, 4.69) is 32.6 Å². The van der Waals surface area contributed by atoms with Gasteiger partial charge in [-0.3, -0.25) is 4.90 Å². The van der Waals surface area contributed by atoms with Crippen molar-refractivity contribution in [1.29, 1.82) is 0 Å². The predicted molar refractivity (Wildman–Crippen MR) is 167 cm³/mol. The first kappa shape index (κ1) is 29.8. The monoisotopic (exact) mass is 584 g/mol. The van der Waals surface area contributed by atoms with E-state index in [9.17, 15) is 9.90 Å². The van der Waals surface area contributed by atoms with Gasteiger partial charge in [0.25, 0.3) is 0 Å². The van der Waals surface area contributed by atoms with Gasteiger partial charge in [0.05, 0.1) is 18.8 Å². The summed E-state index contributed by atoms with van der Waals surface area (Å²) < 4.78 is 13.3. The minimum absolute atomic E-state index is 0.00577. The molecule has 43 heavy (non-hydrogen) atoms. The van der Waals surface area contributed by atoms with Crippen LogP contribution in [0.4, 0.5) is 10.5 Å². The summed E-state index contributed by atoms with van der Waals surface area (Å²) >= 11 is 0. The summed E-state index contributed by atoms with van der Waals surface area (Å²) in [6.07, 6.45) is 5.19. The number of carbonyl (C=O) groups is 1. The summed E-state index contributed by atoms with van der Waals surface area (Å²) in [4.78, 5) is 17.9. The summed E-state index contributed by atoms with van der Waals surface area (Å²) in [7, 11) is 0. The summed E-state index contributed by atoms with van der Waals surface area (Å²) in [6, 6.07) is 25.9. The Morgan fingerprint density at radius 2 is 1.65 bits per heavy atom. The fourth-order valence-corrected chi connectivity index (χ4v) is 6.62. The van der Waals surface area contributed by atoms with Crippen LogP contribution in [0.15, 0.2) is 78.9 Å². The van der Waals surface area contributed by atoms with Crippen LogP contribution in [-0.2, 0) is 22.6 Å². The first-order chi connectivity index (χ1) is 21.1. The third-order valence-corrected chi connectivity index (χ3v) is 8.93. The zero-order valence-electron chi connectivity index (χ0n) is 24.9. The summed E-state index contributed by atoms with van der Waals surface area (Å²) in [5.74, 6) is 0. The maximum absolute atomic E-state index is 12.7. The van der Waals surface area contributed by atoms with Crippen LogP contribution in [0.3, 0.4) is 0 Å². The number of aliphatic hydroxyl groups excluding tert-OH is 1. The van der Waals surface area contributed by atoms with Crippen molar-refractivity contribution in [2.45, 2.75) is 69.8 Å². The van der Waals surface area contributed by atoms with Crippen molar-refractivity contribution < 1.29 is 19.4 Å². The first-order valence-corrected chi connectivity index (χ1v) is 15.8. The highest BCUT2D eigenvalue weighted by molar-refractivity contribution is 5.89. The molecule has 3 heterocycles. The number of nitrogens with zero attached hydrogens (tertiary/aromatic N) is 2. The molecule has 8 nitrogen and oxygen atoms in total. The molecule has 6 rings (SSSR count). The zero-order chi connectivity index (χ0) is 29.4. The average Bonchev–Trinajstić information content (AvgIpc) is 3.73. The molecule has 4 atom stereocenters. The number of ether oxygens (including phenoxy) is 2. The third kappa shape index (κ3) is 8.02. The van der Waals surface area contributed by atoms with Crippen LogP contribution in [0.25, 0.3) is 0 Å². The van der Waals surface area contributed by atoms with Crippen molar-refractivity contribution in [3.8, 4) is 0 Å². The number of likely N-dealkylation sites (tertiary alicyclic amines) is 2. The maximum Gasteiger partial charge on any atom is 0.319 e. The van der Waals surface area contributed by atoms with Crippen LogP contribution in [0.1, 0.15) is 66.8 Å². The minimum Gasteiger partial charge on any atom is -0.392 e. The van der Waals surface area contributed by atoms with Crippen LogP contribution >= 0.6 is 0 Å². The van der Waals surface area contributed by atoms with Crippen molar-refractivity contribution >= 4 is 11.7 Å². The molecular formula is C35H44N4O4. The number of hydrogen-bond donors (Lipinski definition) is 3. The predicted octanol–water partition coefficient (Wildman–Crippen LogP) is 5.61. The first-order valence-electron chi connectivity index (χ1n) is 15.8. The molecule has 228 valence electrons. The number of rotatable bonds is 10. The largest absolute Gasteiger partial charge is 0.392 e. The molecule has 3 aliphatic heterocycles. The van der Waals surface area contributed by atoms with E-state index >= 15 is 0 Å². The van der Waals surface area contributed by atoms with E-state index in [1.165, 1.54) is 38.8 Å². The zero-order valence-corrected chi connectivity index (χ0v) is 24.9. The third-order valence-electron chi connectivity index (χ3n) is 8.93. The molecular weight excluding hydrogens is 540 g/mol. The van der Waals surface area contributed by atoms with Crippen LogP contribution in [0.5, 0.6) is 0 Å².